The Morgan fingerprint density at radius 2 is 1.74 bits per heavy atom. The number of aryl methyl sites for hydroxylation is 1. The summed E-state index contributed by atoms with van der Waals surface area (Å²) < 4.78 is 15.0. The van der Waals surface area contributed by atoms with Gasteiger partial charge in [-0.2, -0.15) is 5.10 Å². The maximum atomic E-state index is 13.7. The molecule has 0 bridgehead atoms. The van der Waals surface area contributed by atoms with Crippen molar-refractivity contribution >= 4 is 52.2 Å². The maximum Gasteiger partial charge on any atom is 0.253 e. The van der Waals surface area contributed by atoms with E-state index >= 15 is 0 Å². The smallest absolute Gasteiger partial charge is 0.253 e. The molecule has 1 N–H and O–H groups in total. The molecular formula is C24H21Cl3FN5O. The molecule has 2 aliphatic heterocycles. The van der Waals surface area contributed by atoms with Crippen LogP contribution >= 0.6 is 34.8 Å². The lowest BCUT2D eigenvalue weighted by Crippen LogP contribution is -2.50. The van der Waals surface area contributed by atoms with Crippen LogP contribution in [0.25, 0.3) is 0 Å². The van der Waals surface area contributed by atoms with Crippen LogP contribution in [-0.2, 0) is 4.79 Å². The molecule has 2 aromatic carbocycles. The van der Waals surface area contributed by atoms with Gasteiger partial charge < -0.3 is 15.1 Å². The quantitative estimate of drug-likeness (QED) is 0.493. The first kappa shape index (κ1) is 23.0. The van der Waals surface area contributed by atoms with Crippen molar-refractivity contribution in [3.05, 3.63) is 86.4 Å². The first-order chi connectivity index (χ1) is 16.3. The van der Waals surface area contributed by atoms with E-state index in [1.54, 1.807) is 35.1 Å². The van der Waals surface area contributed by atoms with Crippen LogP contribution in [0.2, 0.25) is 15.1 Å². The SMILES string of the molecule is Cc1nn2c(c1Cl)NC=C(C(=O)N1CCN(c3ccc(F)cc3)CC1)C2c1cccc(Cl)c1Cl. The van der Waals surface area contributed by atoms with Crippen LogP contribution in [0.4, 0.5) is 15.9 Å². The van der Waals surface area contributed by atoms with Crippen molar-refractivity contribution in [2.24, 2.45) is 0 Å². The topological polar surface area (TPSA) is 53.4 Å². The molecule has 176 valence electrons. The first-order valence-corrected chi connectivity index (χ1v) is 11.9. The molecule has 0 saturated carbocycles. The molecule has 1 unspecified atom stereocenters. The normalized spacial score (nSPS) is 17.8. The second-order valence-corrected chi connectivity index (χ2v) is 9.40. The average molecular weight is 521 g/mol. The number of carbonyl (C=O) groups excluding carboxylic acids is 1. The Kier molecular flexibility index (Phi) is 6.18. The number of nitrogens with one attached hydrogen (secondary N) is 1. The highest BCUT2D eigenvalue weighted by molar-refractivity contribution is 6.42. The molecule has 5 rings (SSSR count). The highest BCUT2D eigenvalue weighted by atomic mass is 35.5. The third kappa shape index (κ3) is 4.02. The van der Waals surface area contributed by atoms with Gasteiger partial charge in [0.25, 0.3) is 5.91 Å². The zero-order chi connectivity index (χ0) is 24.0. The Balaban J connectivity index is 1.43. The fourth-order valence-corrected chi connectivity index (χ4v) is 5.00. The van der Waals surface area contributed by atoms with Crippen molar-refractivity contribution in [1.29, 1.82) is 0 Å². The number of hydrogen-bond acceptors (Lipinski definition) is 4. The third-order valence-electron chi connectivity index (χ3n) is 6.20. The van der Waals surface area contributed by atoms with Crippen LogP contribution < -0.4 is 10.2 Å². The molecule has 0 spiro atoms. The molecule has 3 heterocycles. The summed E-state index contributed by atoms with van der Waals surface area (Å²) in [6, 6.07) is 11.1. The van der Waals surface area contributed by atoms with Gasteiger partial charge in [-0.1, -0.05) is 46.9 Å². The fraction of sp³-hybridized carbons (Fsp3) is 0.250. The highest BCUT2D eigenvalue weighted by Crippen LogP contribution is 2.42. The summed E-state index contributed by atoms with van der Waals surface area (Å²) in [7, 11) is 0. The molecule has 2 aliphatic rings. The molecule has 0 aliphatic carbocycles. The number of amides is 1. The van der Waals surface area contributed by atoms with Crippen LogP contribution in [0, 0.1) is 12.7 Å². The van der Waals surface area contributed by atoms with Crippen LogP contribution in [-0.4, -0.2) is 46.8 Å². The van der Waals surface area contributed by atoms with Crippen molar-refractivity contribution in [2.75, 3.05) is 36.4 Å². The minimum absolute atomic E-state index is 0.123. The van der Waals surface area contributed by atoms with E-state index in [1.807, 2.05) is 17.9 Å². The average Bonchev–Trinajstić information content (AvgIpc) is 3.14. The van der Waals surface area contributed by atoms with Gasteiger partial charge in [0, 0.05) is 43.6 Å². The zero-order valence-electron chi connectivity index (χ0n) is 18.2. The van der Waals surface area contributed by atoms with Crippen LogP contribution in [0.15, 0.2) is 54.2 Å². The lowest BCUT2D eigenvalue weighted by Gasteiger charge is -2.38. The number of halogens is 4. The Hall–Kier alpha value is -2.74. The summed E-state index contributed by atoms with van der Waals surface area (Å²) >= 11 is 19.3. The lowest BCUT2D eigenvalue weighted by molar-refractivity contribution is -0.127. The molecule has 1 fully saturated rings. The van der Waals surface area contributed by atoms with Crippen LogP contribution in [0.1, 0.15) is 17.3 Å². The summed E-state index contributed by atoms with van der Waals surface area (Å²) in [6.45, 7) is 4.13. The van der Waals surface area contributed by atoms with E-state index in [-0.39, 0.29) is 11.7 Å². The summed E-state index contributed by atoms with van der Waals surface area (Å²) in [5.74, 6) is 0.202. The monoisotopic (exact) mass is 519 g/mol. The second-order valence-electron chi connectivity index (χ2n) is 8.24. The van der Waals surface area contributed by atoms with E-state index in [1.165, 1.54) is 12.1 Å². The van der Waals surface area contributed by atoms with Crippen molar-refractivity contribution < 1.29 is 9.18 Å². The number of aromatic nitrogens is 2. The highest BCUT2D eigenvalue weighted by Gasteiger charge is 2.36. The molecule has 0 radical (unpaired) electrons. The minimum Gasteiger partial charge on any atom is -0.368 e. The Morgan fingerprint density at radius 3 is 2.44 bits per heavy atom. The van der Waals surface area contributed by atoms with E-state index in [9.17, 15) is 9.18 Å². The number of hydrogen-bond donors (Lipinski definition) is 1. The Labute approximate surface area is 211 Å². The fourth-order valence-electron chi connectivity index (χ4n) is 4.41. The van der Waals surface area contributed by atoms with Gasteiger partial charge in [-0.3, -0.25) is 4.79 Å². The predicted octanol–water partition coefficient (Wildman–Crippen LogP) is 5.54. The molecular weight excluding hydrogens is 500 g/mol. The van der Waals surface area contributed by atoms with Gasteiger partial charge in [0.2, 0.25) is 0 Å². The summed E-state index contributed by atoms with van der Waals surface area (Å²) in [5.41, 5.74) is 2.73. The first-order valence-electron chi connectivity index (χ1n) is 10.8. The third-order valence-corrected chi connectivity index (χ3v) is 7.48. The second kappa shape index (κ2) is 9.13. The van der Waals surface area contributed by atoms with Crippen LogP contribution in [0.3, 0.4) is 0 Å². The van der Waals surface area contributed by atoms with E-state index in [0.29, 0.717) is 63.9 Å². The van der Waals surface area contributed by atoms with Gasteiger partial charge in [-0.05, 0) is 37.3 Å². The van der Waals surface area contributed by atoms with Crippen LogP contribution in [0.5, 0.6) is 0 Å². The number of benzene rings is 2. The predicted molar refractivity (Wildman–Crippen MR) is 133 cm³/mol. The number of nitrogens with zero attached hydrogens (tertiary/aromatic N) is 4. The van der Waals surface area contributed by atoms with Crippen molar-refractivity contribution in [3.8, 4) is 0 Å². The summed E-state index contributed by atoms with van der Waals surface area (Å²) in [4.78, 5) is 17.7. The number of fused-ring (bicyclic) bond motifs is 1. The largest absolute Gasteiger partial charge is 0.368 e. The Bertz CT molecular complexity index is 1280. The molecule has 1 aromatic heterocycles. The molecule has 1 atom stereocenters. The van der Waals surface area contributed by atoms with Crippen molar-refractivity contribution in [3.63, 3.8) is 0 Å². The summed E-state index contributed by atoms with van der Waals surface area (Å²) in [5, 5.41) is 8.97. The molecule has 6 nitrogen and oxygen atoms in total. The number of piperazine rings is 1. The molecule has 34 heavy (non-hydrogen) atoms. The number of carbonyl (C=O) groups is 1. The summed E-state index contributed by atoms with van der Waals surface area (Å²) in [6.07, 6.45) is 1.68. The molecule has 1 saturated heterocycles. The van der Waals surface area contributed by atoms with Gasteiger partial charge in [0.05, 0.1) is 21.3 Å². The van der Waals surface area contributed by atoms with Gasteiger partial charge >= 0.3 is 0 Å². The van der Waals surface area contributed by atoms with Crippen molar-refractivity contribution in [2.45, 2.75) is 13.0 Å². The number of anilines is 2. The Morgan fingerprint density at radius 1 is 1.03 bits per heavy atom. The van der Waals surface area contributed by atoms with Gasteiger partial charge in [-0.25, -0.2) is 9.07 Å². The zero-order valence-corrected chi connectivity index (χ0v) is 20.5. The maximum absolute atomic E-state index is 13.7. The molecule has 1 amide bonds. The molecule has 10 heteroatoms. The molecule has 3 aromatic rings. The number of rotatable bonds is 3. The van der Waals surface area contributed by atoms with Crippen molar-refractivity contribution in [1.82, 2.24) is 14.7 Å². The van der Waals surface area contributed by atoms with E-state index in [4.69, 9.17) is 34.8 Å². The lowest BCUT2D eigenvalue weighted by atomic mass is 9.96. The van der Waals surface area contributed by atoms with Gasteiger partial charge in [-0.15, -0.1) is 0 Å². The minimum atomic E-state index is -0.587. The van der Waals surface area contributed by atoms with Gasteiger partial charge in [0.15, 0.2) is 0 Å². The van der Waals surface area contributed by atoms with E-state index in [0.717, 1.165) is 5.69 Å². The standard InChI is InChI=1S/C24H21Cl3FN5O/c1-14-20(26)23-29-13-18(22(33(23)30-14)17-3-2-4-19(25)21(17)27)24(34)32-11-9-31(10-12-32)16-7-5-15(28)6-8-16/h2-8,13,22,29H,9-12H2,1H3. The van der Waals surface area contributed by atoms with E-state index in [2.05, 4.69) is 15.3 Å². The van der Waals surface area contributed by atoms with E-state index < -0.39 is 6.04 Å². The van der Waals surface area contributed by atoms with Gasteiger partial charge in [0.1, 0.15) is 22.7 Å².